The highest BCUT2D eigenvalue weighted by Gasteiger charge is 2.50. The van der Waals surface area contributed by atoms with Crippen molar-refractivity contribution in [1.82, 2.24) is 15.1 Å². The first-order valence-electron chi connectivity index (χ1n) is 12.7. The van der Waals surface area contributed by atoms with Crippen LogP contribution in [0, 0.1) is 23.5 Å². The van der Waals surface area contributed by atoms with Crippen LogP contribution in [0.5, 0.6) is 0 Å². The van der Waals surface area contributed by atoms with Gasteiger partial charge in [-0.1, -0.05) is 44.2 Å². The summed E-state index contributed by atoms with van der Waals surface area (Å²) in [6.45, 7) is 4.87. The standard InChI is InChI=1S/C28H31F2N3O3/c1-16(2)12-23-26(34)31-24(19-13-17-6-3-4-7-18(17)14-19)27(35)33(23)25(28(36)32-10-5-11-32)21-9-8-20(29)15-22(21)30/h3-4,6-9,15-16,19,23-25H,5,10-14H2,1-2H3,(H,31,34)/t23-,24-,25-/m1/s1. The number of carbonyl (C=O) groups is 3. The summed E-state index contributed by atoms with van der Waals surface area (Å²) in [5, 5.41) is 2.95. The predicted octanol–water partition coefficient (Wildman–Crippen LogP) is 3.39. The molecule has 2 saturated heterocycles. The lowest BCUT2D eigenvalue weighted by Crippen LogP contribution is -2.67. The molecule has 5 rings (SSSR count). The number of hydrogen-bond acceptors (Lipinski definition) is 3. The van der Waals surface area contributed by atoms with Crippen molar-refractivity contribution in [3.8, 4) is 0 Å². The van der Waals surface area contributed by atoms with Crippen molar-refractivity contribution in [3.63, 3.8) is 0 Å². The van der Waals surface area contributed by atoms with Crippen molar-refractivity contribution in [2.24, 2.45) is 11.8 Å². The number of nitrogens with one attached hydrogen (secondary N) is 1. The smallest absolute Gasteiger partial charge is 0.250 e. The molecule has 2 heterocycles. The van der Waals surface area contributed by atoms with Gasteiger partial charge in [-0.05, 0) is 54.7 Å². The maximum Gasteiger partial charge on any atom is 0.250 e. The first kappa shape index (κ1) is 24.4. The van der Waals surface area contributed by atoms with Crippen molar-refractivity contribution < 1.29 is 23.2 Å². The average Bonchev–Trinajstić information content (AvgIpc) is 3.22. The molecule has 3 atom stereocenters. The molecule has 36 heavy (non-hydrogen) atoms. The van der Waals surface area contributed by atoms with E-state index in [-0.39, 0.29) is 29.2 Å². The molecule has 3 aliphatic rings. The highest BCUT2D eigenvalue weighted by atomic mass is 19.1. The second kappa shape index (κ2) is 9.64. The molecular weight excluding hydrogens is 464 g/mol. The van der Waals surface area contributed by atoms with E-state index in [1.54, 1.807) is 4.90 Å². The zero-order valence-electron chi connectivity index (χ0n) is 20.5. The average molecular weight is 496 g/mol. The van der Waals surface area contributed by atoms with Crippen LogP contribution in [0.15, 0.2) is 42.5 Å². The molecule has 0 saturated carbocycles. The summed E-state index contributed by atoms with van der Waals surface area (Å²) in [6, 6.07) is 7.88. The second-order valence-corrected chi connectivity index (χ2v) is 10.6. The van der Waals surface area contributed by atoms with Crippen LogP contribution in [-0.2, 0) is 27.2 Å². The van der Waals surface area contributed by atoms with Crippen molar-refractivity contribution >= 4 is 17.7 Å². The molecule has 0 bridgehead atoms. The normalized spacial score (nSPS) is 22.9. The van der Waals surface area contributed by atoms with Gasteiger partial charge in [-0.3, -0.25) is 14.4 Å². The fourth-order valence-corrected chi connectivity index (χ4v) is 5.71. The first-order valence-corrected chi connectivity index (χ1v) is 12.7. The Morgan fingerprint density at radius 1 is 1.06 bits per heavy atom. The van der Waals surface area contributed by atoms with E-state index >= 15 is 4.39 Å². The van der Waals surface area contributed by atoms with E-state index in [1.165, 1.54) is 11.0 Å². The lowest BCUT2D eigenvalue weighted by molar-refractivity contribution is -0.161. The number of amides is 3. The lowest BCUT2D eigenvalue weighted by Gasteiger charge is -2.46. The molecule has 1 aliphatic carbocycles. The summed E-state index contributed by atoms with van der Waals surface area (Å²) in [5.74, 6) is -2.96. The molecule has 190 valence electrons. The Hall–Kier alpha value is -3.29. The van der Waals surface area contributed by atoms with Crippen LogP contribution in [0.2, 0.25) is 0 Å². The van der Waals surface area contributed by atoms with Crippen molar-refractivity contribution in [2.75, 3.05) is 13.1 Å². The number of piperazine rings is 1. The molecule has 3 amide bonds. The maximum absolute atomic E-state index is 15.1. The van der Waals surface area contributed by atoms with Gasteiger partial charge in [0.25, 0.3) is 0 Å². The van der Waals surface area contributed by atoms with Crippen molar-refractivity contribution in [3.05, 3.63) is 70.8 Å². The fourth-order valence-electron chi connectivity index (χ4n) is 5.71. The largest absolute Gasteiger partial charge is 0.342 e. The minimum absolute atomic E-state index is 0.0427. The Kier molecular flexibility index (Phi) is 6.53. The van der Waals surface area contributed by atoms with Crippen LogP contribution in [-0.4, -0.2) is 52.7 Å². The Balaban J connectivity index is 1.56. The topological polar surface area (TPSA) is 69.7 Å². The van der Waals surface area contributed by atoms with Gasteiger partial charge in [-0.25, -0.2) is 8.78 Å². The Bertz CT molecular complexity index is 1170. The fraction of sp³-hybridized carbons (Fsp3) is 0.464. The quantitative estimate of drug-likeness (QED) is 0.668. The van der Waals surface area contributed by atoms with Crippen LogP contribution in [0.4, 0.5) is 8.78 Å². The van der Waals surface area contributed by atoms with E-state index in [9.17, 15) is 18.8 Å². The minimum Gasteiger partial charge on any atom is -0.342 e. The van der Waals surface area contributed by atoms with E-state index in [1.807, 2.05) is 38.1 Å². The van der Waals surface area contributed by atoms with Crippen LogP contribution in [0.3, 0.4) is 0 Å². The van der Waals surface area contributed by atoms with Crippen molar-refractivity contribution in [2.45, 2.75) is 57.7 Å². The zero-order chi connectivity index (χ0) is 25.6. The van der Waals surface area contributed by atoms with Crippen molar-refractivity contribution in [1.29, 1.82) is 0 Å². The maximum atomic E-state index is 15.1. The van der Waals surface area contributed by atoms with Gasteiger partial charge in [0, 0.05) is 24.7 Å². The number of nitrogens with zero attached hydrogens (tertiary/aromatic N) is 2. The molecule has 0 unspecified atom stereocenters. The van der Waals surface area contributed by atoms with E-state index in [4.69, 9.17) is 0 Å². The van der Waals surface area contributed by atoms with Gasteiger partial charge >= 0.3 is 0 Å². The molecule has 2 fully saturated rings. The third-order valence-corrected chi connectivity index (χ3v) is 7.64. The summed E-state index contributed by atoms with van der Waals surface area (Å²) >= 11 is 0. The molecule has 2 aromatic carbocycles. The van der Waals surface area contributed by atoms with E-state index in [0.717, 1.165) is 29.7 Å². The molecule has 6 nitrogen and oxygen atoms in total. The summed E-state index contributed by atoms with van der Waals surface area (Å²) in [4.78, 5) is 44.2. The Morgan fingerprint density at radius 3 is 2.28 bits per heavy atom. The van der Waals surface area contributed by atoms with Crippen LogP contribution < -0.4 is 5.32 Å². The van der Waals surface area contributed by atoms with Gasteiger partial charge in [0.2, 0.25) is 17.7 Å². The van der Waals surface area contributed by atoms with E-state index in [2.05, 4.69) is 5.32 Å². The highest BCUT2D eigenvalue weighted by Crippen LogP contribution is 2.37. The summed E-state index contributed by atoms with van der Waals surface area (Å²) in [7, 11) is 0. The summed E-state index contributed by atoms with van der Waals surface area (Å²) in [5.41, 5.74) is 2.19. The predicted molar refractivity (Wildman–Crippen MR) is 130 cm³/mol. The van der Waals surface area contributed by atoms with Gasteiger partial charge in [-0.15, -0.1) is 0 Å². The van der Waals surface area contributed by atoms with Crippen LogP contribution >= 0.6 is 0 Å². The van der Waals surface area contributed by atoms with Gasteiger partial charge < -0.3 is 15.1 Å². The van der Waals surface area contributed by atoms with Crippen LogP contribution in [0.1, 0.15) is 49.4 Å². The van der Waals surface area contributed by atoms with Crippen LogP contribution in [0.25, 0.3) is 0 Å². The number of rotatable bonds is 6. The second-order valence-electron chi connectivity index (χ2n) is 10.6. The van der Waals surface area contributed by atoms with E-state index in [0.29, 0.717) is 32.4 Å². The Morgan fingerprint density at radius 2 is 1.72 bits per heavy atom. The Labute approximate surface area is 209 Å². The molecule has 0 radical (unpaired) electrons. The zero-order valence-corrected chi connectivity index (χ0v) is 20.5. The van der Waals surface area contributed by atoms with Gasteiger partial charge in [0.15, 0.2) is 0 Å². The number of halogens is 2. The van der Waals surface area contributed by atoms with Gasteiger partial charge in [0.1, 0.15) is 29.8 Å². The molecule has 1 N–H and O–H groups in total. The van der Waals surface area contributed by atoms with E-state index < -0.39 is 35.7 Å². The highest BCUT2D eigenvalue weighted by molar-refractivity contribution is 6.00. The number of fused-ring (bicyclic) bond motifs is 1. The molecule has 0 aromatic heterocycles. The van der Waals surface area contributed by atoms with Gasteiger partial charge in [0.05, 0.1) is 0 Å². The molecule has 2 aromatic rings. The molecule has 8 heteroatoms. The minimum atomic E-state index is -1.33. The SMILES string of the molecule is CC(C)C[C@@H]1C(=O)N[C@H](C2Cc3ccccc3C2)C(=O)N1[C@@H](C(=O)N1CCC1)c1ccc(F)cc1F. The lowest BCUT2D eigenvalue weighted by atomic mass is 9.87. The molecule has 0 spiro atoms. The monoisotopic (exact) mass is 495 g/mol. The first-order chi connectivity index (χ1) is 17.2. The third kappa shape index (κ3) is 4.38. The number of hydrogen-bond donors (Lipinski definition) is 1. The molecule has 2 aliphatic heterocycles. The number of benzene rings is 2. The summed E-state index contributed by atoms with van der Waals surface area (Å²) < 4.78 is 28.9. The molecular formula is C28H31F2N3O3. The number of carbonyl (C=O) groups excluding carboxylic acids is 3. The third-order valence-electron chi connectivity index (χ3n) is 7.64. The van der Waals surface area contributed by atoms with Gasteiger partial charge in [-0.2, -0.15) is 0 Å². The summed E-state index contributed by atoms with van der Waals surface area (Å²) in [6.07, 6.45) is 2.40. The number of likely N-dealkylation sites (tertiary alicyclic amines) is 1.